The van der Waals surface area contributed by atoms with Gasteiger partial charge in [-0.3, -0.25) is 4.79 Å². The summed E-state index contributed by atoms with van der Waals surface area (Å²) in [5.74, 6) is 1.13. The van der Waals surface area contributed by atoms with Crippen molar-refractivity contribution < 1.29 is 25.2 Å². The summed E-state index contributed by atoms with van der Waals surface area (Å²) in [6.45, 7) is 8.96. The SMILES string of the molecule is CC[C@H]1[C@@H](O)[C@@H]2[C@H](C[C@@H](O)[C@]3(C)[C@@H]([C@H](C)CCC(=O)O)CC[C@@H]23)[C@@]2(C)CC[C@@H](O)C[C@@H]12. The van der Waals surface area contributed by atoms with Crippen LogP contribution in [-0.2, 0) is 4.79 Å². The summed E-state index contributed by atoms with van der Waals surface area (Å²) in [7, 11) is 0. The van der Waals surface area contributed by atoms with E-state index in [2.05, 4.69) is 27.7 Å². The summed E-state index contributed by atoms with van der Waals surface area (Å²) < 4.78 is 0. The fraction of sp³-hybridized carbons (Fsp3) is 0.962. The molecule has 0 amide bonds. The third-order valence-electron chi connectivity index (χ3n) is 11.1. The molecule has 4 aliphatic rings. The van der Waals surface area contributed by atoms with E-state index in [-0.39, 0.29) is 53.1 Å². The van der Waals surface area contributed by atoms with Gasteiger partial charge in [0.15, 0.2) is 0 Å². The molecular weight excluding hydrogens is 392 g/mol. The van der Waals surface area contributed by atoms with E-state index in [9.17, 15) is 20.1 Å². The van der Waals surface area contributed by atoms with Crippen LogP contribution in [-0.4, -0.2) is 44.7 Å². The predicted octanol–water partition coefficient (Wildman–Crippen LogP) is 4.08. The average molecular weight is 437 g/mol. The maximum Gasteiger partial charge on any atom is 0.303 e. The second-order valence-corrected chi connectivity index (χ2v) is 12.1. The van der Waals surface area contributed by atoms with E-state index in [1.807, 2.05) is 0 Å². The predicted molar refractivity (Wildman–Crippen MR) is 119 cm³/mol. The van der Waals surface area contributed by atoms with Gasteiger partial charge in [-0.1, -0.05) is 34.1 Å². The molecular formula is C26H44O5. The molecule has 12 atom stereocenters. The van der Waals surface area contributed by atoms with Crippen LogP contribution in [0.2, 0.25) is 0 Å². The van der Waals surface area contributed by atoms with E-state index in [1.54, 1.807) is 0 Å². The maximum atomic E-state index is 11.7. The highest BCUT2D eigenvalue weighted by molar-refractivity contribution is 5.66. The van der Waals surface area contributed by atoms with E-state index < -0.39 is 12.1 Å². The van der Waals surface area contributed by atoms with Gasteiger partial charge in [0.2, 0.25) is 0 Å². The zero-order valence-corrected chi connectivity index (χ0v) is 19.8. The van der Waals surface area contributed by atoms with Gasteiger partial charge in [-0.05, 0) is 97.2 Å². The number of carboxylic acids is 1. The van der Waals surface area contributed by atoms with Crippen LogP contribution < -0.4 is 0 Å². The fourth-order valence-electron chi connectivity index (χ4n) is 9.44. The number of hydrogen-bond acceptors (Lipinski definition) is 4. The molecule has 4 aliphatic carbocycles. The van der Waals surface area contributed by atoms with Gasteiger partial charge >= 0.3 is 5.97 Å². The third kappa shape index (κ3) is 3.49. The van der Waals surface area contributed by atoms with Gasteiger partial charge in [0.25, 0.3) is 0 Å². The second kappa shape index (κ2) is 8.29. The van der Waals surface area contributed by atoms with Crippen LogP contribution >= 0.6 is 0 Å². The molecule has 0 radical (unpaired) electrons. The van der Waals surface area contributed by atoms with Gasteiger partial charge in [-0.15, -0.1) is 0 Å². The number of aliphatic hydroxyl groups excluding tert-OH is 3. The molecule has 0 bridgehead atoms. The Hall–Kier alpha value is -0.650. The summed E-state index contributed by atoms with van der Waals surface area (Å²) in [5, 5.41) is 42.9. The Morgan fingerprint density at radius 2 is 1.74 bits per heavy atom. The molecule has 0 aromatic heterocycles. The van der Waals surface area contributed by atoms with Gasteiger partial charge in [0, 0.05) is 6.42 Å². The smallest absolute Gasteiger partial charge is 0.303 e. The number of hydrogen-bond donors (Lipinski definition) is 4. The monoisotopic (exact) mass is 436 g/mol. The second-order valence-electron chi connectivity index (χ2n) is 12.1. The Morgan fingerprint density at radius 3 is 2.39 bits per heavy atom. The van der Waals surface area contributed by atoms with E-state index in [4.69, 9.17) is 5.11 Å². The molecule has 4 fully saturated rings. The molecule has 0 saturated heterocycles. The molecule has 0 aromatic carbocycles. The number of rotatable bonds is 5. The van der Waals surface area contributed by atoms with Gasteiger partial charge in [-0.2, -0.15) is 0 Å². The van der Waals surface area contributed by atoms with E-state index in [0.717, 1.165) is 44.9 Å². The summed E-state index contributed by atoms with van der Waals surface area (Å²) in [6, 6.07) is 0. The van der Waals surface area contributed by atoms with E-state index >= 15 is 0 Å². The van der Waals surface area contributed by atoms with Gasteiger partial charge in [-0.25, -0.2) is 0 Å². The van der Waals surface area contributed by atoms with Crippen molar-refractivity contribution in [3.05, 3.63) is 0 Å². The van der Waals surface area contributed by atoms with Crippen molar-refractivity contribution in [3.63, 3.8) is 0 Å². The molecule has 5 heteroatoms. The molecule has 4 saturated carbocycles. The molecule has 0 aromatic rings. The highest BCUT2D eigenvalue weighted by Gasteiger charge is 2.67. The summed E-state index contributed by atoms with van der Waals surface area (Å²) >= 11 is 0. The van der Waals surface area contributed by atoms with Gasteiger partial charge < -0.3 is 20.4 Å². The first kappa shape index (κ1) is 23.5. The van der Waals surface area contributed by atoms with E-state index in [1.165, 1.54) is 0 Å². The first-order valence-corrected chi connectivity index (χ1v) is 12.8. The lowest BCUT2D eigenvalue weighted by molar-refractivity contribution is -0.228. The maximum absolute atomic E-state index is 11.7. The third-order valence-corrected chi connectivity index (χ3v) is 11.1. The van der Waals surface area contributed by atoms with Crippen LogP contribution in [0, 0.1) is 52.3 Å². The van der Waals surface area contributed by atoms with Crippen molar-refractivity contribution in [2.24, 2.45) is 52.3 Å². The zero-order valence-electron chi connectivity index (χ0n) is 19.8. The Balaban J connectivity index is 1.66. The van der Waals surface area contributed by atoms with Crippen molar-refractivity contribution in [1.29, 1.82) is 0 Å². The van der Waals surface area contributed by atoms with Crippen molar-refractivity contribution in [3.8, 4) is 0 Å². The summed E-state index contributed by atoms with van der Waals surface area (Å²) in [6.07, 6.45) is 6.09. The number of aliphatic carboxylic acids is 1. The molecule has 31 heavy (non-hydrogen) atoms. The number of aliphatic hydroxyl groups is 3. The van der Waals surface area contributed by atoms with Crippen LogP contribution in [0.5, 0.6) is 0 Å². The lowest BCUT2D eigenvalue weighted by Crippen LogP contribution is -2.65. The standard InChI is InChI=1S/C26H44O5/c1-5-16-19-12-15(27)10-11-25(19,3)20-13-21(28)26(4)17(14(2)6-9-22(29)30)7-8-18(26)23(20)24(16)31/h14-21,23-24,27-28,31H,5-13H2,1-4H3,(H,29,30)/t14-,15-,16-,17-,18+,19+,20+,21-,23+,24-,25+,26-/m1/s1. The molecule has 4 N–H and O–H groups in total. The molecule has 178 valence electrons. The van der Waals surface area contributed by atoms with Crippen LogP contribution in [0.3, 0.4) is 0 Å². The molecule has 0 heterocycles. The molecule has 0 aliphatic heterocycles. The first-order valence-electron chi connectivity index (χ1n) is 12.8. The van der Waals surface area contributed by atoms with Gasteiger partial charge in [0.05, 0.1) is 18.3 Å². The van der Waals surface area contributed by atoms with Crippen LogP contribution in [0.25, 0.3) is 0 Å². The lowest BCUT2D eigenvalue weighted by Gasteiger charge is -2.65. The van der Waals surface area contributed by atoms with Crippen molar-refractivity contribution in [2.45, 2.75) is 104 Å². The summed E-state index contributed by atoms with van der Waals surface area (Å²) in [5.41, 5.74) is -0.186. The first-order chi connectivity index (χ1) is 14.6. The van der Waals surface area contributed by atoms with Crippen molar-refractivity contribution in [1.82, 2.24) is 0 Å². The average Bonchev–Trinajstić information content (AvgIpc) is 3.07. The minimum Gasteiger partial charge on any atom is -0.481 e. The molecule has 0 unspecified atom stereocenters. The molecule has 4 rings (SSSR count). The molecule has 0 spiro atoms. The summed E-state index contributed by atoms with van der Waals surface area (Å²) in [4.78, 5) is 11.1. The Morgan fingerprint density at radius 1 is 1.03 bits per heavy atom. The van der Waals surface area contributed by atoms with Crippen LogP contribution in [0.15, 0.2) is 0 Å². The highest BCUT2D eigenvalue weighted by Crippen LogP contribution is 2.69. The minimum atomic E-state index is -0.747. The van der Waals surface area contributed by atoms with Crippen LogP contribution in [0.1, 0.15) is 85.5 Å². The lowest BCUT2D eigenvalue weighted by atomic mass is 9.41. The number of carbonyl (C=O) groups is 1. The highest BCUT2D eigenvalue weighted by atomic mass is 16.4. The van der Waals surface area contributed by atoms with E-state index in [0.29, 0.717) is 24.2 Å². The Kier molecular flexibility index (Phi) is 6.28. The number of fused-ring (bicyclic) bond motifs is 5. The minimum absolute atomic E-state index is 0.0686. The number of carboxylic acid groups (broad SMARTS) is 1. The Labute approximate surface area is 187 Å². The van der Waals surface area contributed by atoms with Gasteiger partial charge in [0.1, 0.15) is 0 Å². The van der Waals surface area contributed by atoms with Crippen LogP contribution in [0.4, 0.5) is 0 Å². The zero-order chi connectivity index (χ0) is 22.7. The molecule has 5 nitrogen and oxygen atoms in total. The van der Waals surface area contributed by atoms with Crippen molar-refractivity contribution >= 4 is 5.97 Å². The normalized spacial score (nSPS) is 52.7. The Bertz CT molecular complexity index is 681. The van der Waals surface area contributed by atoms with Crippen molar-refractivity contribution in [2.75, 3.05) is 0 Å². The largest absolute Gasteiger partial charge is 0.481 e. The topological polar surface area (TPSA) is 98.0 Å². The fourth-order valence-corrected chi connectivity index (χ4v) is 9.44. The quantitative estimate of drug-likeness (QED) is 0.520.